The van der Waals surface area contributed by atoms with Crippen LogP contribution in [0.2, 0.25) is 5.02 Å². The van der Waals surface area contributed by atoms with Crippen LogP contribution < -0.4 is 5.73 Å². The number of hydrogen-bond acceptors (Lipinski definition) is 5. The molecule has 1 heterocycles. The van der Waals surface area contributed by atoms with Gasteiger partial charge < -0.3 is 10.2 Å². The summed E-state index contributed by atoms with van der Waals surface area (Å²) in [6.45, 7) is 0. The molecule has 0 aliphatic rings. The molecule has 21 heavy (non-hydrogen) atoms. The Hall–Kier alpha value is -1.98. The molecule has 106 valence electrons. The summed E-state index contributed by atoms with van der Waals surface area (Å²) < 4.78 is 5.64. The number of anilines is 1. The van der Waals surface area contributed by atoms with Crippen LogP contribution in [0.1, 0.15) is 5.89 Å². The van der Waals surface area contributed by atoms with Gasteiger partial charge in [0.2, 0.25) is 11.8 Å². The largest absolute Gasteiger partial charge is 0.420 e. The molecule has 0 spiro atoms. The van der Waals surface area contributed by atoms with Crippen molar-refractivity contribution in [3.63, 3.8) is 0 Å². The van der Waals surface area contributed by atoms with Gasteiger partial charge in [0.1, 0.15) is 0 Å². The molecule has 1 aromatic heterocycles. The van der Waals surface area contributed by atoms with Crippen LogP contribution in [0.5, 0.6) is 0 Å². The maximum Gasteiger partial charge on any atom is 0.247 e. The fourth-order valence-corrected chi connectivity index (χ4v) is 2.70. The predicted molar refractivity (Wildman–Crippen MR) is 85.2 cm³/mol. The van der Waals surface area contributed by atoms with E-state index in [0.717, 1.165) is 16.1 Å². The number of halogens is 1. The molecule has 0 bridgehead atoms. The van der Waals surface area contributed by atoms with E-state index in [1.165, 1.54) is 0 Å². The monoisotopic (exact) mass is 317 g/mol. The van der Waals surface area contributed by atoms with Crippen LogP contribution in [0.4, 0.5) is 5.69 Å². The summed E-state index contributed by atoms with van der Waals surface area (Å²) in [5.41, 5.74) is 7.34. The van der Waals surface area contributed by atoms with Crippen LogP contribution in [0, 0.1) is 0 Å². The Kier molecular flexibility index (Phi) is 4.13. The van der Waals surface area contributed by atoms with E-state index >= 15 is 0 Å². The van der Waals surface area contributed by atoms with Crippen LogP contribution in [0.3, 0.4) is 0 Å². The molecule has 0 fully saturated rings. The third kappa shape index (κ3) is 3.56. The van der Waals surface area contributed by atoms with Crippen molar-refractivity contribution in [2.24, 2.45) is 0 Å². The van der Waals surface area contributed by atoms with Crippen molar-refractivity contribution in [2.75, 3.05) is 5.73 Å². The summed E-state index contributed by atoms with van der Waals surface area (Å²) in [5.74, 6) is 1.67. The van der Waals surface area contributed by atoms with Crippen molar-refractivity contribution < 1.29 is 4.42 Å². The molecule has 0 aliphatic carbocycles. The summed E-state index contributed by atoms with van der Waals surface area (Å²) in [6.07, 6.45) is 0. The van der Waals surface area contributed by atoms with Crippen LogP contribution in [-0.4, -0.2) is 10.2 Å². The molecule has 3 rings (SSSR count). The van der Waals surface area contributed by atoms with E-state index in [-0.39, 0.29) is 0 Å². The van der Waals surface area contributed by atoms with Gasteiger partial charge in [-0.25, -0.2) is 0 Å². The average Bonchev–Trinajstić information content (AvgIpc) is 2.95. The van der Waals surface area contributed by atoms with E-state index in [2.05, 4.69) is 10.2 Å². The highest BCUT2D eigenvalue weighted by molar-refractivity contribution is 7.98. The van der Waals surface area contributed by atoms with Crippen molar-refractivity contribution in [1.29, 1.82) is 0 Å². The molecular formula is C15H12ClN3OS. The van der Waals surface area contributed by atoms with Crippen molar-refractivity contribution in [3.05, 3.63) is 59.4 Å². The zero-order chi connectivity index (χ0) is 14.7. The summed E-state index contributed by atoms with van der Waals surface area (Å²) in [7, 11) is 0. The highest BCUT2D eigenvalue weighted by Gasteiger charge is 2.09. The van der Waals surface area contributed by atoms with Gasteiger partial charge in [0.15, 0.2) is 0 Å². The molecule has 0 aliphatic heterocycles. The summed E-state index contributed by atoms with van der Waals surface area (Å²) in [4.78, 5) is 1.07. The standard InChI is InChI=1S/C15H12ClN3OS/c16-11-6-4-10(5-7-11)15-19-18-14(20-15)9-21-13-3-1-2-12(17)8-13/h1-8H,9,17H2. The average molecular weight is 318 g/mol. The van der Waals surface area contributed by atoms with Crippen molar-refractivity contribution in [2.45, 2.75) is 10.6 Å². The molecular weight excluding hydrogens is 306 g/mol. The van der Waals surface area contributed by atoms with E-state index < -0.39 is 0 Å². The maximum atomic E-state index is 5.85. The van der Waals surface area contributed by atoms with Crippen molar-refractivity contribution in [3.8, 4) is 11.5 Å². The van der Waals surface area contributed by atoms with Crippen molar-refractivity contribution >= 4 is 29.1 Å². The molecule has 4 nitrogen and oxygen atoms in total. The summed E-state index contributed by atoms with van der Waals surface area (Å²) in [5, 5.41) is 8.78. The Morgan fingerprint density at radius 1 is 1.10 bits per heavy atom. The van der Waals surface area contributed by atoms with Crippen LogP contribution in [-0.2, 0) is 5.75 Å². The predicted octanol–water partition coefficient (Wildman–Crippen LogP) is 4.26. The second kappa shape index (κ2) is 6.20. The number of nitrogens with two attached hydrogens (primary N) is 1. The lowest BCUT2D eigenvalue weighted by Gasteiger charge is -1.99. The van der Waals surface area contributed by atoms with Gasteiger partial charge in [-0.05, 0) is 42.5 Å². The van der Waals surface area contributed by atoms with Crippen molar-refractivity contribution in [1.82, 2.24) is 10.2 Å². The zero-order valence-electron chi connectivity index (χ0n) is 11.0. The maximum absolute atomic E-state index is 5.85. The highest BCUT2D eigenvalue weighted by atomic mass is 35.5. The van der Waals surface area contributed by atoms with Gasteiger partial charge in [0.25, 0.3) is 0 Å². The van der Waals surface area contributed by atoms with E-state index in [9.17, 15) is 0 Å². The molecule has 2 N–H and O–H groups in total. The first-order valence-corrected chi connectivity index (χ1v) is 7.64. The summed E-state index contributed by atoms with van der Waals surface area (Å²) >= 11 is 7.46. The Morgan fingerprint density at radius 2 is 1.90 bits per heavy atom. The zero-order valence-corrected chi connectivity index (χ0v) is 12.6. The molecule has 0 unspecified atom stereocenters. The van der Waals surface area contributed by atoms with E-state index in [0.29, 0.717) is 22.6 Å². The Bertz CT molecular complexity index is 743. The third-order valence-corrected chi connectivity index (χ3v) is 4.01. The van der Waals surface area contributed by atoms with Gasteiger partial charge in [-0.1, -0.05) is 17.7 Å². The van der Waals surface area contributed by atoms with Gasteiger partial charge in [-0.2, -0.15) is 0 Å². The summed E-state index contributed by atoms with van der Waals surface area (Å²) in [6, 6.07) is 15.0. The smallest absolute Gasteiger partial charge is 0.247 e. The number of hydrogen-bond donors (Lipinski definition) is 1. The number of nitrogen functional groups attached to an aromatic ring is 1. The van der Waals surface area contributed by atoms with E-state index in [4.69, 9.17) is 21.8 Å². The Labute approximate surface area is 131 Å². The first kappa shape index (κ1) is 14.0. The second-order valence-corrected chi connectivity index (χ2v) is 5.85. The topological polar surface area (TPSA) is 64.9 Å². The van der Waals surface area contributed by atoms with Crippen LogP contribution >= 0.6 is 23.4 Å². The minimum atomic E-state index is 0.495. The fraction of sp³-hybridized carbons (Fsp3) is 0.0667. The second-order valence-electron chi connectivity index (χ2n) is 4.37. The number of thioether (sulfide) groups is 1. The number of rotatable bonds is 4. The lowest BCUT2D eigenvalue weighted by atomic mass is 10.2. The molecule has 0 atom stereocenters. The highest BCUT2D eigenvalue weighted by Crippen LogP contribution is 2.26. The molecule has 3 aromatic rings. The van der Waals surface area contributed by atoms with Crippen LogP contribution in [0.15, 0.2) is 57.8 Å². The Balaban J connectivity index is 1.69. The lowest BCUT2D eigenvalue weighted by Crippen LogP contribution is -1.84. The molecule has 0 radical (unpaired) electrons. The minimum Gasteiger partial charge on any atom is -0.420 e. The SMILES string of the molecule is Nc1cccc(SCc2nnc(-c3ccc(Cl)cc3)o2)c1. The third-order valence-electron chi connectivity index (χ3n) is 2.78. The first-order valence-electron chi connectivity index (χ1n) is 6.27. The van der Waals surface area contributed by atoms with Crippen LogP contribution in [0.25, 0.3) is 11.5 Å². The van der Waals surface area contributed by atoms with Gasteiger partial charge in [-0.15, -0.1) is 22.0 Å². The molecule has 2 aromatic carbocycles. The molecule has 6 heteroatoms. The van der Waals surface area contributed by atoms with Gasteiger partial charge in [-0.3, -0.25) is 0 Å². The number of benzene rings is 2. The quantitative estimate of drug-likeness (QED) is 0.575. The molecule has 0 amide bonds. The fourth-order valence-electron chi connectivity index (χ4n) is 1.77. The molecule has 0 saturated heterocycles. The normalized spacial score (nSPS) is 10.7. The van der Waals surface area contributed by atoms with E-state index in [1.54, 1.807) is 23.9 Å². The van der Waals surface area contributed by atoms with Gasteiger partial charge in [0.05, 0.1) is 5.75 Å². The number of nitrogens with zero attached hydrogens (tertiary/aromatic N) is 2. The van der Waals surface area contributed by atoms with Gasteiger partial charge >= 0.3 is 0 Å². The van der Waals surface area contributed by atoms with E-state index in [1.807, 2.05) is 36.4 Å². The number of aromatic nitrogens is 2. The van der Waals surface area contributed by atoms with Gasteiger partial charge in [0, 0.05) is 21.2 Å². The Morgan fingerprint density at radius 3 is 2.67 bits per heavy atom. The molecule has 0 saturated carbocycles. The first-order chi connectivity index (χ1) is 10.2. The lowest BCUT2D eigenvalue weighted by molar-refractivity contribution is 0.528. The minimum absolute atomic E-state index is 0.495.